The average Bonchev–Trinajstić information content (AvgIpc) is 2.63. The number of likely N-dealkylation sites (tertiary alicyclic amines) is 1. The largest absolute Gasteiger partial charge is 0.340 e. The monoisotopic (exact) mass is 363 g/mol. The summed E-state index contributed by atoms with van der Waals surface area (Å²) in [7, 11) is 4.11. The van der Waals surface area contributed by atoms with Gasteiger partial charge in [0.1, 0.15) is 0 Å². The van der Waals surface area contributed by atoms with Crippen molar-refractivity contribution in [3.8, 4) is 0 Å². The van der Waals surface area contributed by atoms with Gasteiger partial charge in [-0.2, -0.15) is 0 Å². The normalized spacial score (nSPS) is 21.0. The van der Waals surface area contributed by atoms with Gasteiger partial charge in [0.15, 0.2) is 0 Å². The first kappa shape index (κ1) is 18.6. The highest BCUT2D eigenvalue weighted by molar-refractivity contribution is 7.94. The van der Waals surface area contributed by atoms with Gasteiger partial charge in [0.05, 0.1) is 0 Å². The smallest absolute Gasteiger partial charge is 0.225 e. The molecule has 2 saturated heterocycles. The lowest BCUT2D eigenvalue weighted by atomic mass is 9.94. The molecule has 1 amide bonds. The summed E-state index contributed by atoms with van der Waals surface area (Å²) >= 11 is 1.74. The topological polar surface area (TPSA) is 42.9 Å². The summed E-state index contributed by atoms with van der Waals surface area (Å²) in [6, 6.07) is 4.14. The highest BCUT2D eigenvalue weighted by Crippen LogP contribution is 2.23. The third kappa shape index (κ3) is 5.41. The van der Waals surface area contributed by atoms with Gasteiger partial charge in [-0.3, -0.25) is 14.7 Å². The third-order valence-electron chi connectivity index (χ3n) is 4.92. The van der Waals surface area contributed by atoms with E-state index in [1.807, 2.05) is 12.4 Å². The van der Waals surface area contributed by atoms with E-state index in [2.05, 4.69) is 49.6 Å². The number of hydrogen-bond donors (Lipinski definition) is 0. The highest BCUT2D eigenvalue weighted by atomic mass is 32.2. The van der Waals surface area contributed by atoms with Gasteiger partial charge in [0, 0.05) is 63.2 Å². The summed E-state index contributed by atoms with van der Waals surface area (Å²) in [5, 5.41) is 0. The summed E-state index contributed by atoms with van der Waals surface area (Å²) in [4.78, 5) is 21.4. The van der Waals surface area contributed by atoms with Crippen LogP contribution in [0.2, 0.25) is 0 Å². The van der Waals surface area contributed by atoms with Crippen LogP contribution in [-0.2, 0) is 11.3 Å². The van der Waals surface area contributed by atoms with Crippen molar-refractivity contribution in [3.05, 3.63) is 30.1 Å². The maximum Gasteiger partial charge on any atom is 0.225 e. The number of hydrogen-bond acceptors (Lipinski definition) is 6. The Kier molecular flexibility index (Phi) is 6.70. The predicted molar refractivity (Wildman–Crippen MR) is 102 cm³/mol. The quantitative estimate of drug-likeness (QED) is 0.740. The Morgan fingerprint density at radius 3 is 2.36 bits per heavy atom. The third-order valence-corrected chi connectivity index (χ3v) is 5.84. The Balaban J connectivity index is 1.41. The number of rotatable bonds is 5. The molecule has 0 bridgehead atoms. The van der Waals surface area contributed by atoms with Crippen LogP contribution in [0, 0.1) is 5.92 Å². The first-order valence-corrected chi connectivity index (χ1v) is 9.85. The number of carbonyl (C=O) groups excluding carboxylic acids is 1. The number of piperidine rings is 1. The lowest BCUT2D eigenvalue weighted by Gasteiger charge is -2.38. The van der Waals surface area contributed by atoms with Crippen LogP contribution in [0.3, 0.4) is 0 Å². The van der Waals surface area contributed by atoms with E-state index in [1.54, 1.807) is 12.1 Å². The Hall–Kier alpha value is -1.15. The summed E-state index contributed by atoms with van der Waals surface area (Å²) in [5.41, 5.74) is 1.30. The van der Waals surface area contributed by atoms with Crippen LogP contribution in [-0.4, -0.2) is 82.7 Å². The molecule has 0 unspecified atom stereocenters. The molecule has 0 saturated carbocycles. The molecule has 0 spiro atoms. The maximum absolute atomic E-state index is 12.8. The number of pyridine rings is 1. The molecule has 2 fully saturated rings. The number of aromatic nitrogens is 1. The first-order valence-electron chi connectivity index (χ1n) is 9.12. The van der Waals surface area contributed by atoms with Gasteiger partial charge in [0.2, 0.25) is 5.91 Å². The fourth-order valence-electron chi connectivity index (χ4n) is 3.56. The van der Waals surface area contributed by atoms with Gasteiger partial charge < -0.3 is 4.90 Å². The molecular formula is C18H29N5OS. The van der Waals surface area contributed by atoms with Crippen LogP contribution in [0.1, 0.15) is 18.4 Å². The van der Waals surface area contributed by atoms with Crippen LogP contribution in [0.25, 0.3) is 0 Å². The van der Waals surface area contributed by atoms with Crippen molar-refractivity contribution in [1.29, 1.82) is 0 Å². The summed E-state index contributed by atoms with van der Waals surface area (Å²) < 4.78 is 4.44. The van der Waals surface area contributed by atoms with Crippen LogP contribution >= 0.6 is 12.1 Å². The molecule has 3 rings (SSSR count). The summed E-state index contributed by atoms with van der Waals surface area (Å²) in [5.74, 6) is 0.583. The second kappa shape index (κ2) is 8.98. The Bertz CT molecular complexity index is 540. The fraction of sp³-hybridized carbons (Fsp3) is 0.667. The van der Waals surface area contributed by atoms with E-state index >= 15 is 0 Å². The van der Waals surface area contributed by atoms with Gasteiger partial charge in [-0.05, 0) is 57.7 Å². The molecule has 1 aromatic rings. The van der Waals surface area contributed by atoms with E-state index in [0.717, 1.165) is 58.7 Å². The molecule has 0 aliphatic carbocycles. The minimum atomic E-state index is 0.210. The van der Waals surface area contributed by atoms with Crippen LogP contribution < -0.4 is 0 Å². The van der Waals surface area contributed by atoms with E-state index in [-0.39, 0.29) is 5.92 Å². The van der Waals surface area contributed by atoms with Crippen LogP contribution in [0.5, 0.6) is 0 Å². The molecule has 1 aromatic heterocycles. The Morgan fingerprint density at radius 1 is 1.12 bits per heavy atom. The van der Waals surface area contributed by atoms with Crippen molar-refractivity contribution in [2.75, 3.05) is 53.4 Å². The summed E-state index contributed by atoms with van der Waals surface area (Å²) in [6.07, 6.45) is 5.66. The van der Waals surface area contributed by atoms with Gasteiger partial charge >= 0.3 is 0 Å². The molecule has 2 aliphatic rings. The Labute approximate surface area is 155 Å². The minimum Gasteiger partial charge on any atom is -0.340 e. The number of carbonyl (C=O) groups is 1. The summed E-state index contributed by atoms with van der Waals surface area (Å²) in [6.45, 7) is 6.60. The lowest BCUT2D eigenvalue weighted by molar-refractivity contribution is -0.138. The predicted octanol–water partition coefficient (Wildman–Crippen LogP) is 1.56. The zero-order valence-electron chi connectivity index (χ0n) is 15.3. The van der Waals surface area contributed by atoms with Gasteiger partial charge in [0.25, 0.3) is 0 Å². The highest BCUT2D eigenvalue weighted by Gasteiger charge is 2.30. The van der Waals surface area contributed by atoms with E-state index in [0.29, 0.717) is 5.91 Å². The minimum absolute atomic E-state index is 0.210. The van der Waals surface area contributed by atoms with Gasteiger partial charge in [-0.1, -0.05) is 0 Å². The molecule has 2 aliphatic heterocycles. The van der Waals surface area contributed by atoms with Crippen molar-refractivity contribution in [1.82, 2.24) is 23.4 Å². The molecule has 0 aromatic carbocycles. The van der Waals surface area contributed by atoms with Crippen LogP contribution in [0.15, 0.2) is 24.5 Å². The molecule has 3 heterocycles. The maximum atomic E-state index is 12.8. The average molecular weight is 364 g/mol. The second-order valence-corrected chi connectivity index (χ2v) is 8.46. The molecular weight excluding hydrogens is 334 g/mol. The van der Waals surface area contributed by atoms with Crippen molar-refractivity contribution in [2.45, 2.75) is 19.4 Å². The van der Waals surface area contributed by atoms with Crippen molar-refractivity contribution < 1.29 is 4.79 Å². The van der Waals surface area contributed by atoms with Crippen LogP contribution in [0.4, 0.5) is 0 Å². The lowest BCUT2D eigenvalue weighted by Crippen LogP contribution is -2.50. The number of piperazine rings is 1. The van der Waals surface area contributed by atoms with Crippen molar-refractivity contribution in [2.24, 2.45) is 5.92 Å². The van der Waals surface area contributed by atoms with Gasteiger partial charge in [-0.25, -0.2) is 8.61 Å². The van der Waals surface area contributed by atoms with Gasteiger partial charge in [-0.15, -0.1) is 0 Å². The molecule has 0 radical (unpaired) electrons. The molecule has 138 valence electrons. The second-order valence-electron chi connectivity index (χ2n) is 7.05. The van der Waals surface area contributed by atoms with E-state index in [1.165, 1.54) is 5.56 Å². The fourth-order valence-corrected chi connectivity index (χ4v) is 4.35. The molecule has 0 atom stereocenters. The standard InChI is InChI=1S/C18H29N5OS/c1-20(2)25-23-13-11-22(12-14-23)18(24)17-5-9-21(10-6-17)15-16-3-7-19-8-4-16/h3-4,7-8,17H,5-6,9-15H2,1-2H3. The molecule has 25 heavy (non-hydrogen) atoms. The molecule has 0 N–H and O–H groups in total. The van der Waals surface area contributed by atoms with E-state index in [4.69, 9.17) is 0 Å². The van der Waals surface area contributed by atoms with E-state index in [9.17, 15) is 4.79 Å². The van der Waals surface area contributed by atoms with Crippen molar-refractivity contribution >= 4 is 18.0 Å². The van der Waals surface area contributed by atoms with Crippen molar-refractivity contribution in [3.63, 3.8) is 0 Å². The molecule has 7 heteroatoms. The zero-order valence-corrected chi connectivity index (χ0v) is 16.1. The first-order chi connectivity index (χ1) is 12.1. The number of amides is 1. The zero-order chi connectivity index (χ0) is 17.6. The number of nitrogens with zero attached hydrogens (tertiary/aromatic N) is 5. The Morgan fingerprint density at radius 2 is 1.76 bits per heavy atom. The SMILES string of the molecule is CN(C)SN1CCN(C(=O)C2CCN(Cc3ccncc3)CC2)CC1. The van der Waals surface area contributed by atoms with E-state index < -0.39 is 0 Å². The molecule has 6 nitrogen and oxygen atoms in total.